The van der Waals surface area contributed by atoms with Crippen LogP contribution >= 0.6 is 0 Å². The Hall–Kier alpha value is -5.65. The first-order valence-electron chi connectivity index (χ1n) is 23.3. The fourth-order valence-corrected chi connectivity index (χ4v) is 12.4. The third-order valence-corrected chi connectivity index (χ3v) is 16.9. The fraction of sp³-hybridized carbons (Fsp3) is 0.353. The van der Waals surface area contributed by atoms with Crippen LogP contribution in [-0.4, -0.2) is 92.1 Å². The number of fused-ring (bicyclic) bond motifs is 6. The van der Waals surface area contributed by atoms with Gasteiger partial charge < -0.3 is 10.0 Å². The summed E-state index contributed by atoms with van der Waals surface area (Å²) >= 11 is 0. The molecule has 72 heavy (non-hydrogen) atoms. The van der Waals surface area contributed by atoms with E-state index in [1.807, 2.05) is 79.4 Å². The number of benzene rings is 4. The summed E-state index contributed by atoms with van der Waals surface area (Å²) in [7, 11) is -19.0. The molecule has 0 fully saturated rings. The SMILES string of the molecule is CCCCN1C(=CC=C(C=CC2=[N+](CCCS(=O)(=O)O)c3ccc4c(S(=O)(=O)O)cc(S(=O)(=O)O)cc4c3C2(C)C)c2cc[n+](CCCCCC(=O)O)cc2)C(C)(C)c2c1ccc1ccc(S(=O)(=O)O)cc21. The first-order chi connectivity index (χ1) is 33.5. The lowest BCUT2D eigenvalue weighted by atomic mass is 9.79. The number of hydrogen-bond acceptors (Lipinski definition) is 10. The van der Waals surface area contributed by atoms with Gasteiger partial charge in [-0.3, -0.25) is 23.0 Å². The molecule has 5 N–H and O–H groups in total. The molecule has 0 amide bonds. The van der Waals surface area contributed by atoms with Crippen LogP contribution in [0.5, 0.6) is 0 Å². The number of nitrogens with zero attached hydrogens (tertiary/aromatic N) is 3. The minimum absolute atomic E-state index is 0.0253. The van der Waals surface area contributed by atoms with Gasteiger partial charge in [-0.15, -0.1) is 0 Å². The quantitative estimate of drug-likeness (QED) is 0.0212. The summed E-state index contributed by atoms with van der Waals surface area (Å²) < 4.78 is 143. The topological polar surface area (TPSA) is 265 Å². The second-order valence-electron chi connectivity index (χ2n) is 19.2. The van der Waals surface area contributed by atoms with Crippen LogP contribution in [-0.2, 0) is 62.6 Å². The van der Waals surface area contributed by atoms with Gasteiger partial charge in [-0.1, -0.05) is 45.4 Å². The van der Waals surface area contributed by atoms with E-state index in [1.54, 1.807) is 16.7 Å². The molecule has 0 aliphatic carbocycles. The van der Waals surface area contributed by atoms with E-state index in [2.05, 4.69) is 25.7 Å². The summed E-state index contributed by atoms with van der Waals surface area (Å²) in [6.45, 7) is 11.1. The third-order valence-electron chi connectivity index (χ3n) is 13.5. The maximum Gasteiger partial charge on any atom is 0.303 e. The molecule has 5 aromatic rings. The average Bonchev–Trinajstić information content (AvgIpc) is 3.64. The molecule has 17 nitrogen and oxygen atoms in total. The van der Waals surface area contributed by atoms with Crippen LogP contribution in [0.25, 0.3) is 27.1 Å². The van der Waals surface area contributed by atoms with Gasteiger partial charge in [0.1, 0.15) is 18.0 Å². The molecular weight excluding hydrogens is 1010 g/mol. The summed E-state index contributed by atoms with van der Waals surface area (Å²) in [6, 6.07) is 17.1. The Kier molecular flexibility index (Phi) is 15.3. The van der Waals surface area contributed by atoms with Gasteiger partial charge in [0.15, 0.2) is 18.1 Å². The molecule has 0 radical (unpaired) electrons. The number of hydrogen-bond donors (Lipinski definition) is 5. The minimum Gasteiger partial charge on any atom is -0.481 e. The van der Waals surface area contributed by atoms with Crippen LogP contribution in [0.2, 0.25) is 0 Å². The number of unbranched alkanes of at least 4 members (excludes halogenated alkanes) is 3. The van der Waals surface area contributed by atoms with Gasteiger partial charge in [0.2, 0.25) is 5.69 Å². The highest BCUT2D eigenvalue weighted by Gasteiger charge is 2.46. The smallest absolute Gasteiger partial charge is 0.303 e. The normalized spacial score (nSPS) is 16.7. The van der Waals surface area contributed by atoms with Crippen molar-refractivity contribution >= 4 is 90.6 Å². The van der Waals surface area contributed by atoms with Gasteiger partial charge in [-0.2, -0.15) is 38.2 Å². The summed E-state index contributed by atoms with van der Waals surface area (Å²) in [5, 5.41) is 10.6. The van der Waals surface area contributed by atoms with Crippen LogP contribution in [0.3, 0.4) is 0 Å². The number of carbonyl (C=O) groups is 1. The molecule has 4 aromatic carbocycles. The van der Waals surface area contributed by atoms with E-state index in [9.17, 15) is 56.7 Å². The summed E-state index contributed by atoms with van der Waals surface area (Å²) in [5.74, 6) is -1.44. The maximum atomic E-state index is 12.7. The first-order valence-corrected chi connectivity index (χ1v) is 29.3. The van der Waals surface area contributed by atoms with E-state index in [0.29, 0.717) is 53.5 Å². The molecule has 0 saturated heterocycles. The van der Waals surface area contributed by atoms with E-state index < -0.39 is 72.8 Å². The second kappa shape index (κ2) is 20.3. The Balaban J connectivity index is 1.42. The van der Waals surface area contributed by atoms with Crippen LogP contribution in [0, 0.1) is 0 Å². The summed E-state index contributed by atoms with van der Waals surface area (Å²) in [5.41, 5.74) is 3.76. The Morgan fingerprint density at radius 2 is 1.35 bits per heavy atom. The molecule has 21 heteroatoms. The molecule has 3 heterocycles. The number of aryl methyl sites for hydroxylation is 1. The number of anilines is 1. The van der Waals surface area contributed by atoms with Gasteiger partial charge in [0, 0.05) is 77.8 Å². The van der Waals surface area contributed by atoms with Crippen LogP contribution in [0.15, 0.2) is 124 Å². The van der Waals surface area contributed by atoms with Gasteiger partial charge in [0.25, 0.3) is 40.5 Å². The Morgan fingerprint density at radius 1 is 0.681 bits per heavy atom. The monoisotopic (exact) mass is 1070 g/mol. The fourth-order valence-electron chi connectivity index (χ4n) is 10.1. The third kappa shape index (κ3) is 11.4. The van der Waals surface area contributed by atoms with Crippen molar-refractivity contribution in [2.75, 3.05) is 23.7 Å². The van der Waals surface area contributed by atoms with Gasteiger partial charge in [-0.25, -0.2) is 4.57 Å². The van der Waals surface area contributed by atoms with Gasteiger partial charge in [-0.05, 0) is 115 Å². The molecule has 0 spiro atoms. The van der Waals surface area contributed by atoms with Crippen LogP contribution in [0.4, 0.5) is 11.4 Å². The van der Waals surface area contributed by atoms with E-state index in [1.165, 1.54) is 18.2 Å². The standard InChI is InChI=1S/C51H57N3O14S4/c1-6-7-26-53-42-19-14-36-13-17-37(70(60,61)62)31-40(36)48(42)50(2,3)45(53)21-15-34(35-23-28-52(29-24-35)25-10-8-9-12-47(55)56)16-22-46-51(4,5)49-41-32-38(71(63,64)65)33-44(72(66,67)68)39(41)18-20-43(49)54(46)27-11-30-69(57,58)59/h13-24,28-29,31-33H,6-12,25-27,30H2,1-5H3,(H3-2,55,56,57,58,59,60,61,62,63,64,65,66,67,68)/p+2. The molecule has 0 bridgehead atoms. The second-order valence-corrected chi connectivity index (χ2v) is 25.0. The van der Waals surface area contributed by atoms with Crippen molar-refractivity contribution in [3.05, 3.63) is 126 Å². The van der Waals surface area contributed by atoms with Crippen molar-refractivity contribution in [3.8, 4) is 0 Å². The lowest BCUT2D eigenvalue weighted by Crippen LogP contribution is -2.32. The Morgan fingerprint density at radius 3 is 1.97 bits per heavy atom. The zero-order valence-electron chi connectivity index (χ0n) is 40.5. The average molecular weight is 1070 g/mol. The van der Waals surface area contributed by atoms with Gasteiger partial charge in [0.05, 0.1) is 21.0 Å². The van der Waals surface area contributed by atoms with Crippen molar-refractivity contribution in [2.45, 2.75) is 112 Å². The number of aromatic nitrogens is 1. The number of carboxylic acid groups (broad SMARTS) is 1. The number of aliphatic carboxylic acids is 1. The molecule has 1 aromatic heterocycles. The number of rotatable bonds is 20. The lowest BCUT2D eigenvalue weighted by Gasteiger charge is -2.27. The molecule has 2 aliphatic heterocycles. The van der Waals surface area contributed by atoms with E-state index in [-0.39, 0.29) is 35.1 Å². The molecule has 0 unspecified atom stereocenters. The van der Waals surface area contributed by atoms with Gasteiger partial charge >= 0.3 is 5.97 Å². The van der Waals surface area contributed by atoms with Crippen LogP contribution < -0.4 is 9.47 Å². The van der Waals surface area contributed by atoms with Crippen LogP contribution in [0.1, 0.15) is 96.3 Å². The van der Waals surface area contributed by atoms with Crippen molar-refractivity contribution in [2.24, 2.45) is 0 Å². The minimum atomic E-state index is -5.04. The molecule has 384 valence electrons. The Bertz CT molecular complexity index is 3600. The number of pyridine rings is 1. The molecule has 2 aliphatic rings. The largest absolute Gasteiger partial charge is 0.481 e. The number of allylic oxidation sites excluding steroid dienone is 6. The molecule has 0 atom stereocenters. The van der Waals surface area contributed by atoms with Crippen molar-refractivity contribution in [3.63, 3.8) is 0 Å². The number of carboxylic acids is 1. The van der Waals surface area contributed by atoms with Crippen molar-refractivity contribution in [1.29, 1.82) is 0 Å². The predicted octanol–water partition coefficient (Wildman–Crippen LogP) is 8.44. The van der Waals surface area contributed by atoms with E-state index in [4.69, 9.17) is 5.11 Å². The lowest BCUT2D eigenvalue weighted by molar-refractivity contribution is -0.697. The molecular formula is C51H59N3O14S4+2. The highest BCUT2D eigenvalue weighted by molar-refractivity contribution is 7.87. The van der Waals surface area contributed by atoms with Crippen molar-refractivity contribution in [1.82, 2.24) is 0 Å². The van der Waals surface area contributed by atoms with Crippen molar-refractivity contribution < 1.29 is 70.9 Å². The highest BCUT2D eigenvalue weighted by atomic mass is 32.2. The maximum absolute atomic E-state index is 12.7. The van der Waals surface area contributed by atoms with E-state index >= 15 is 0 Å². The highest BCUT2D eigenvalue weighted by Crippen LogP contribution is 2.51. The summed E-state index contributed by atoms with van der Waals surface area (Å²) in [4.78, 5) is 11.5. The first kappa shape index (κ1) is 54.1. The summed E-state index contributed by atoms with van der Waals surface area (Å²) in [6.07, 6.45) is 15.3. The zero-order chi connectivity index (χ0) is 52.8. The zero-order valence-corrected chi connectivity index (χ0v) is 43.7. The van der Waals surface area contributed by atoms with E-state index in [0.717, 1.165) is 59.6 Å². The molecule has 0 saturated carbocycles. The predicted molar refractivity (Wildman–Crippen MR) is 274 cm³/mol. The Labute approximate surface area is 420 Å². The molecule has 7 rings (SSSR count).